The predicted molar refractivity (Wildman–Crippen MR) is 78.9 cm³/mol. The number of amides is 1. The van der Waals surface area contributed by atoms with Crippen LogP contribution in [0.3, 0.4) is 0 Å². The Kier molecular flexibility index (Phi) is 5.80. The molecule has 5 nitrogen and oxygen atoms in total. The second-order valence-corrected chi connectivity index (χ2v) is 5.10. The highest BCUT2D eigenvalue weighted by atomic mass is 16.5. The number of hydrogen-bond acceptors (Lipinski definition) is 4. The van der Waals surface area contributed by atoms with E-state index in [2.05, 4.69) is 15.6 Å². The standard InChI is InChI=1S/C15H23N3O2/c1-2-20-15-6-4-13(11-17-15)18-14(19)5-3-12-7-9-16-10-8-12/h4,6,11-12,16H,2-3,5,7-10H2,1H3,(H,18,19). The molecule has 20 heavy (non-hydrogen) atoms. The number of rotatable bonds is 6. The summed E-state index contributed by atoms with van der Waals surface area (Å²) >= 11 is 0. The van der Waals surface area contributed by atoms with Gasteiger partial charge in [-0.1, -0.05) is 0 Å². The van der Waals surface area contributed by atoms with Gasteiger partial charge in [0.15, 0.2) is 0 Å². The fraction of sp³-hybridized carbons (Fsp3) is 0.600. The number of carbonyl (C=O) groups excluding carboxylic acids is 1. The minimum absolute atomic E-state index is 0.0643. The van der Waals surface area contributed by atoms with E-state index in [1.54, 1.807) is 12.3 Å². The first kappa shape index (κ1) is 14.8. The molecule has 0 aromatic carbocycles. The molecule has 110 valence electrons. The zero-order chi connectivity index (χ0) is 14.2. The largest absolute Gasteiger partial charge is 0.478 e. The Morgan fingerprint density at radius 2 is 2.25 bits per heavy atom. The van der Waals surface area contributed by atoms with E-state index < -0.39 is 0 Å². The predicted octanol–water partition coefficient (Wildman–Crippen LogP) is 2.20. The summed E-state index contributed by atoms with van der Waals surface area (Å²) in [4.78, 5) is 16.0. The summed E-state index contributed by atoms with van der Waals surface area (Å²) < 4.78 is 5.26. The normalized spacial score (nSPS) is 15.8. The van der Waals surface area contributed by atoms with Crippen molar-refractivity contribution >= 4 is 11.6 Å². The van der Waals surface area contributed by atoms with Gasteiger partial charge in [0.25, 0.3) is 0 Å². The van der Waals surface area contributed by atoms with E-state index in [9.17, 15) is 4.79 Å². The molecule has 0 spiro atoms. The van der Waals surface area contributed by atoms with Gasteiger partial charge in [-0.2, -0.15) is 0 Å². The minimum atomic E-state index is 0.0643. The van der Waals surface area contributed by atoms with Crippen LogP contribution in [0.4, 0.5) is 5.69 Å². The number of hydrogen-bond donors (Lipinski definition) is 2. The van der Waals surface area contributed by atoms with Crippen LogP contribution in [0.25, 0.3) is 0 Å². The molecule has 5 heteroatoms. The smallest absolute Gasteiger partial charge is 0.224 e. The molecule has 2 rings (SSSR count). The molecule has 1 aliphatic heterocycles. The SMILES string of the molecule is CCOc1ccc(NC(=O)CCC2CCNCC2)cn1. The molecule has 2 N–H and O–H groups in total. The van der Waals surface area contributed by atoms with Crippen LogP contribution in [0.5, 0.6) is 5.88 Å². The van der Waals surface area contributed by atoms with E-state index in [1.165, 1.54) is 12.8 Å². The van der Waals surface area contributed by atoms with Crippen molar-refractivity contribution in [2.45, 2.75) is 32.6 Å². The van der Waals surface area contributed by atoms with Crippen molar-refractivity contribution < 1.29 is 9.53 Å². The molecule has 0 unspecified atom stereocenters. The van der Waals surface area contributed by atoms with Crippen LogP contribution in [0, 0.1) is 5.92 Å². The first-order chi connectivity index (χ1) is 9.78. The van der Waals surface area contributed by atoms with Gasteiger partial charge in [0.05, 0.1) is 18.5 Å². The number of ether oxygens (including phenoxy) is 1. The van der Waals surface area contributed by atoms with Gasteiger partial charge < -0.3 is 15.4 Å². The molecular weight excluding hydrogens is 254 g/mol. The van der Waals surface area contributed by atoms with Crippen LogP contribution < -0.4 is 15.4 Å². The number of anilines is 1. The Morgan fingerprint density at radius 3 is 2.90 bits per heavy atom. The maximum atomic E-state index is 11.9. The van der Waals surface area contributed by atoms with Crippen molar-refractivity contribution in [3.05, 3.63) is 18.3 Å². The average molecular weight is 277 g/mol. The van der Waals surface area contributed by atoms with Gasteiger partial charge in [-0.25, -0.2) is 4.98 Å². The lowest BCUT2D eigenvalue weighted by atomic mass is 9.93. The molecule has 1 fully saturated rings. The summed E-state index contributed by atoms with van der Waals surface area (Å²) in [6.07, 6.45) is 5.54. The molecule has 1 aliphatic rings. The molecule has 1 aromatic heterocycles. The zero-order valence-corrected chi connectivity index (χ0v) is 12.0. The third-order valence-electron chi connectivity index (χ3n) is 3.55. The summed E-state index contributed by atoms with van der Waals surface area (Å²) in [6.45, 7) is 4.66. The Balaban J connectivity index is 1.73. The second-order valence-electron chi connectivity index (χ2n) is 5.10. The topological polar surface area (TPSA) is 63.2 Å². The van der Waals surface area contributed by atoms with E-state index in [1.807, 2.05) is 13.0 Å². The molecule has 0 atom stereocenters. The average Bonchev–Trinajstić information content (AvgIpc) is 2.49. The number of nitrogens with one attached hydrogen (secondary N) is 2. The Bertz CT molecular complexity index is 414. The van der Waals surface area contributed by atoms with Gasteiger partial charge in [0, 0.05) is 12.5 Å². The van der Waals surface area contributed by atoms with Gasteiger partial charge >= 0.3 is 0 Å². The minimum Gasteiger partial charge on any atom is -0.478 e. The van der Waals surface area contributed by atoms with Crippen molar-refractivity contribution in [1.82, 2.24) is 10.3 Å². The highest BCUT2D eigenvalue weighted by Crippen LogP contribution is 2.18. The number of pyridine rings is 1. The fourth-order valence-electron chi connectivity index (χ4n) is 2.42. The van der Waals surface area contributed by atoms with Crippen LogP contribution in [-0.4, -0.2) is 30.6 Å². The summed E-state index contributed by atoms with van der Waals surface area (Å²) in [5, 5.41) is 6.22. The van der Waals surface area contributed by atoms with E-state index in [0.29, 0.717) is 24.8 Å². The molecule has 1 saturated heterocycles. The molecular formula is C15H23N3O2. The Labute approximate surface area is 120 Å². The number of aromatic nitrogens is 1. The Hall–Kier alpha value is -1.62. The van der Waals surface area contributed by atoms with Gasteiger partial charge in [-0.05, 0) is 51.3 Å². The maximum absolute atomic E-state index is 11.9. The third kappa shape index (κ3) is 4.81. The van der Waals surface area contributed by atoms with Crippen molar-refractivity contribution in [1.29, 1.82) is 0 Å². The first-order valence-electron chi connectivity index (χ1n) is 7.37. The third-order valence-corrected chi connectivity index (χ3v) is 3.55. The highest BCUT2D eigenvalue weighted by Gasteiger charge is 2.14. The van der Waals surface area contributed by atoms with Crippen LogP contribution >= 0.6 is 0 Å². The molecule has 1 amide bonds. The van der Waals surface area contributed by atoms with Crippen LogP contribution in [-0.2, 0) is 4.79 Å². The maximum Gasteiger partial charge on any atom is 0.224 e. The molecule has 0 bridgehead atoms. The fourth-order valence-corrected chi connectivity index (χ4v) is 2.42. The molecule has 0 saturated carbocycles. The zero-order valence-electron chi connectivity index (χ0n) is 12.0. The molecule has 2 heterocycles. The summed E-state index contributed by atoms with van der Waals surface area (Å²) in [5.74, 6) is 1.33. The molecule has 0 radical (unpaired) electrons. The molecule has 1 aromatic rings. The lowest BCUT2D eigenvalue weighted by molar-refractivity contribution is -0.116. The van der Waals surface area contributed by atoms with Gasteiger partial charge in [-0.3, -0.25) is 4.79 Å². The van der Waals surface area contributed by atoms with Crippen LogP contribution in [0.2, 0.25) is 0 Å². The Morgan fingerprint density at radius 1 is 1.45 bits per heavy atom. The van der Waals surface area contributed by atoms with Crippen LogP contribution in [0.15, 0.2) is 18.3 Å². The summed E-state index contributed by atoms with van der Waals surface area (Å²) in [5.41, 5.74) is 0.726. The number of nitrogens with zero attached hydrogens (tertiary/aromatic N) is 1. The van der Waals surface area contributed by atoms with Gasteiger partial charge in [0.1, 0.15) is 0 Å². The highest BCUT2D eigenvalue weighted by molar-refractivity contribution is 5.90. The number of carbonyl (C=O) groups is 1. The summed E-state index contributed by atoms with van der Waals surface area (Å²) in [6, 6.07) is 3.59. The quantitative estimate of drug-likeness (QED) is 0.836. The number of piperidine rings is 1. The van der Waals surface area contributed by atoms with Crippen molar-refractivity contribution in [2.75, 3.05) is 25.0 Å². The summed E-state index contributed by atoms with van der Waals surface area (Å²) in [7, 11) is 0. The monoisotopic (exact) mass is 277 g/mol. The van der Waals surface area contributed by atoms with E-state index in [4.69, 9.17) is 4.74 Å². The lowest BCUT2D eigenvalue weighted by Crippen LogP contribution is -2.28. The molecule has 0 aliphatic carbocycles. The van der Waals surface area contributed by atoms with Gasteiger partial charge in [-0.15, -0.1) is 0 Å². The van der Waals surface area contributed by atoms with Crippen LogP contribution in [0.1, 0.15) is 32.6 Å². The van der Waals surface area contributed by atoms with E-state index >= 15 is 0 Å². The van der Waals surface area contributed by atoms with Crippen molar-refractivity contribution in [3.8, 4) is 5.88 Å². The second kappa shape index (κ2) is 7.85. The first-order valence-corrected chi connectivity index (χ1v) is 7.37. The van der Waals surface area contributed by atoms with E-state index in [0.717, 1.165) is 25.2 Å². The van der Waals surface area contributed by atoms with E-state index in [-0.39, 0.29) is 5.91 Å². The lowest BCUT2D eigenvalue weighted by Gasteiger charge is -2.22. The van der Waals surface area contributed by atoms with Crippen molar-refractivity contribution in [2.24, 2.45) is 5.92 Å². The van der Waals surface area contributed by atoms with Crippen molar-refractivity contribution in [3.63, 3.8) is 0 Å². The van der Waals surface area contributed by atoms with Gasteiger partial charge in [0.2, 0.25) is 11.8 Å².